The highest BCUT2D eigenvalue weighted by molar-refractivity contribution is 6.14. The number of esters is 1. The third kappa shape index (κ3) is 3.11. The monoisotopic (exact) mass is 354 g/mol. The lowest BCUT2D eigenvalue weighted by molar-refractivity contribution is -0.144. The Morgan fingerprint density at radius 2 is 2.08 bits per heavy atom. The Morgan fingerprint density at radius 1 is 1.23 bits per heavy atom. The van der Waals surface area contributed by atoms with Crippen LogP contribution in [-0.2, 0) is 9.53 Å². The van der Waals surface area contributed by atoms with Gasteiger partial charge in [-0.3, -0.25) is 4.79 Å². The van der Waals surface area contributed by atoms with Crippen molar-refractivity contribution in [2.24, 2.45) is 0 Å². The van der Waals surface area contributed by atoms with Gasteiger partial charge in [-0.05, 0) is 37.1 Å². The van der Waals surface area contributed by atoms with Gasteiger partial charge in [-0.15, -0.1) is 0 Å². The average molecular weight is 354 g/mol. The lowest BCUT2D eigenvalue weighted by atomic mass is 10.1. The predicted octanol–water partition coefficient (Wildman–Crippen LogP) is 3.53. The number of ether oxygens (including phenoxy) is 3. The van der Waals surface area contributed by atoms with Crippen molar-refractivity contribution < 1.29 is 28.2 Å². The summed E-state index contributed by atoms with van der Waals surface area (Å²) in [6, 6.07) is 10.6. The summed E-state index contributed by atoms with van der Waals surface area (Å²) in [6.45, 7) is 0.547. The minimum Gasteiger partial charge on any atom is -0.452 e. The molecule has 26 heavy (non-hydrogen) atoms. The molecule has 6 heteroatoms. The number of hydrogen-bond acceptors (Lipinski definition) is 5. The summed E-state index contributed by atoms with van der Waals surface area (Å²) in [5.74, 6) is -0.695. The maximum atomic E-state index is 13.8. The number of ketones is 1. The first-order valence-electron chi connectivity index (χ1n) is 8.28. The molecule has 0 spiro atoms. The number of carbonyl (C=O) groups is 2. The highest BCUT2D eigenvalue weighted by atomic mass is 19.1. The van der Waals surface area contributed by atoms with E-state index in [1.54, 1.807) is 18.2 Å². The van der Waals surface area contributed by atoms with Crippen molar-refractivity contribution in [2.75, 3.05) is 6.61 Å². The van der Waals surface area contributed by atoms with E-state index in [4.69, 9.17) is 14.2 Å². The highest BCUT2D eigenvalue weighted by Crippen LogP contribution is 2.35. The van der Waals surface area contributed by atoms with Crippen LogP contribution in [0.25, 0.3) is 6.08 Å². The maximum absolute atomic E-state index is 13.8. The Labute approximate surface area is 149 Å². The number of carbonyl (C=O) groups excluding carboxylic acids is 2. The van der Waals surface area contributed by atoms with Gasteiger partial charge >= 0.3 is 5.97 Å². The van der Waals surface area contributed by atoms with Crippen molar-refractivity contribution in [2.45, 2.75) is 18.9 Å². The Hall–Kier alpha value is -2.99. The van der Waals surface area contributed by atoms with Crippen molar-refractivity contribution in [1.82, 2.24) is 0 Å². The number of Topliss-reactive ketones (excluding diaryl/α,β-unsaturated/α-hetero) is 1. The van der Waals surface area contributed by atoms with Crippen molar-refractivity contribution in [1.29, 1.82) is 0 Å². The Kier molecular flexibility index (Phi) is 4.26. The molecule has 0 amide bonds. The smallest absolute Gasteiger partial charge is 0.340 e. The lowest BCUT2D eigenvalue weighted by Crippen LogP contribution is -2.24. The Bertz CT molecular complexity index is 912. The topological polar surface area (TPSA) is 61.8 Å². The van der Waals surface area contributed by atoms with Crippen LogP contribution >= 0.6 is 0 Å². The van der Waals surface area contributed by atoms with E-state index in [0.717, 1.165) is 6.42 Å². The average Bonchev–Trinajstić information content (AvgIpc) is 3.26. The van der Waals surface area contributed by atoms with Crippen molar-refractivity contribution >= 4 is 17.8 Å². The fourth-order valence-corrected chi connectivity index (χ4v) is 2.91. The second-order valence-electron chi connectivity index (χ2n) is 6.04. The number of fused-ring (bicyclic) bond motifs is 1. The summed E-state index contributed by atoms with van der Waals surface area (Å²) >= 11 is 0. The molecule has 2 aromatic rings. The number of allylic oxidation sites excluding steroid dienone is 1. The standard InChI is InChI=1S/C20H15FO5/c21-15-5-2-1-4-12(15)10-18-19(22)14-8-7-13(11-17(14)26-18)25-20(23)16-6-3-9-24-16/h1-2,4-5,7-8,10-11,16H,3,6,9H2/b18-10-. The molecule has 0 saturated carbocycles. The molecule has 132 valence electrons. The summed E-state index contributed by atoms with van der Waals surface area (Å²) in [5.41, 5.74) is 0.596. The van der Waals surface area contributed by atoms with Crippen LogP contribution in [0.1, 0.15) is 28.8 Å². The van der Waals surface area contributed by atoms with E-state index in [1.165, 1.54) is 30.3 Å². The van der Waals surface area contributed by atoms with Crippen LogP contribution in [0.5, 0.6) is 11.5 Å². The molecule has 0 aromatic heterocycles. The molecule has 4 rings (SSSR count). The van der Waals surface area contributed by atoms with E-state index in [1.807, 2.05) is 0 Å². The van der Waals surface area contributed by atoms with E-state index in [9.17, 15) is 14.0 Å². The molecule has 2 aliphatic heterocycles. The third-order valence-electron chi connectivity index (χ3n) is 4.24. The van der Waals surface area contributed by atoms with Gasteiger partial charge in [-0.1, -0.05) is 18.2 Å². The molecule has 0 aliphatic carbocycles. The summed E-state index contributed by atoms with van der Waals surface area (Å²) in [4.78, 5) is 24.4. The zero-order chi connectivity index (χ0) is 18.1. The van der Waals surface area contributed by atoms with Crippen LogP contribution in [0.4, 0.5) is 4.39 Å². The van der Waals surface area contributed by atoms with Gasteiger partial charge in [0, 0.05) is 18.2 Å². The van der Waals surface area contributed by atoms with Crippen molar-refractivity contribution in [3.8, 4) is 11.5 Å². The van der Waals surface area contributed by atoms with Crippen LogP contribution in [-0.4, -0.2) is 24.5 Å². The van der Waals surface area contributed by atoms with E-state index >= 15 is 0 Å². The van der Waals surface area contributed by atoms with Gasteiger partial charge in [0.05, 0.1) is 5.56 Å². The van der Waals surface area contributed by atoms with E-state index in [2.05, 4.69) is 0 Å². The van der Waals surface area contributed by atoms with Gasteiger partial charge in [0.15, 0.2) is 11.9 Å². The van der Waals surface area contributed by atoms with Gasteiger partial charge in [0.1, 0.15) is 17.3 Å². The zero-order valence-corrected chi connectivity index (χ0v) is 13.7. The second-order valence-corrected chi connectivity index (χ2v) is 6.04. The van der Waals surface area contributed by atoms with Crippen molar-refractivity contribution in [3.05, 3.63) is 65.2 Å². The normalized spacial score (nSPS) is 20.1. The van der Waals surface area contributed by atoms with E-state index < -0.39 is 17.9 Å². The summed E-state index contributed by atoms with van der Waals surface area (Å²) in [6.07, 6.45) is 2.26. The first-order chi connectivity index (χ1) is 12.6. The molecule has 2 aromatic carbocycles. The molecule has 1 saturated heterocycles. The Morgan fingerprint density at radius 3 is 2.85 bits per heavy atom. The summed E-state index contributed by atoms with van der Waals surface area (Å²) in [7, 11) is 0. The van der Waals surface area contributed by atoms with E-state index in [-0.39, 0.29) is 28.6 Å². The number of benzene rings is 2. The molecule has 5 nitrogen and oxygen atoms in total. The summed E-state index contributed by atoms with van der Waals surface area (Å²) in [5, 5.41) is 0. The first kappa shape index (κ1) is 16.5. The molecule has 1 fully saturated rings. The first-order valence-corrected chi connectivity index (χ1v) is 8.28. The number of halogens is 1. The lowest BCUT2D eigenvalue weighted by Gasteiger charge is -2.09. The van der Waals surface area contributed by atoms with Gasteiger partial charge in [0.2, 0.25) is 5.78 Å². The van der Waals surface area contributed by atoms with Gasteiger partial charge in [0.25, 0.3) is 0 Å². The molecule has 0 radical (unpaired) electrons. The second kappa shape index (κ2) is 6.72. The largest absolute Gasteiger partial charge is 0.452 e. The highest BCUT2D eigenvalue weighted by Gasteiger charge is 2.30. The molecule has 1 atom stereocenters. The predicted molar refractivity (Wildman–Crippen MR) is 90.4 cm³/mol. The van der Waals surface area contributed by atoms with Crippen molar-refractivity contribution in [3.63, 3.8) is 0 Å². The van der Waals surface area contributed by atoms with Gasteiger partial charge < -0.3 is 14.2 Å². The maximum Gasteiger partial charge on any atom is 0.340 e. The van der Waals surface area contributed by atoms with Crippen LogP contribution < -0.4 is 9.47 Å². The van der Waals surface area contributed by atoms with Gasteiger partial charge in [-0.25, -0.2) is 9.18 Å². The van der Waals surface area contributed by atoms with Gasteiger partial charge in [-0.2, -0.15) is 0 Å². The number of rotatable bonds is 3. The molecule has 1 unspecified atom stereocenters. The Balaban J connectivity index is 1.55. The molecule has 2 heterocycles. The number of hydrogen-bond donors (Lipinski definition) is 0. The fourth-order valence-electron chi connectivity index (χ4n) is 2.91. The third-order valence-corrected chi connectivity index (χ3v) is 4.24. The fraction of sp³-hybridized carbons (Fsp3) is 0.200. The SMILES string of the molecule is O=C1/C(=C/c2ccccc2F)Oc2cc(OC(=O)C3CCCO3)ccc21. The zero-order valence-electron chi connectivity index (χ0n) is 13.7. The van der Waals surface area contributed by atoms with Crippen LogP contribution in [0.3, 0.4) is 0 Å². The molecular weight excluding hydrogens is 339 g/mol. The summed E-state index contributed by atoms with van der Waals surface area (Å²) < 4.78 is 29.9. The van der Waals surface area contributed by atoms with Crippen LogP contribution in [0.2, 0.25) is 0 Å². The molecule has 2 aliphatic rings. The minimum absolute atomic E-state index is 0.0210. The molecule has 0 bridgehead atoms. The van der Waals surface area contributed by atoms with Crippen LogP contribution in [0, 0.1) is 5.82 Å². The van der Waals surface area contributed by atoms with Crippen LogP contribution in [0.15, 0.2) is 48.2 Å². The molecular formula is C20H15FO5. The molecule has 0 N–H and O–H groups in total. The quantitative estimate of drug-likeness (QED) is 0.479. The minimum atomic E-state index is -0.553. The van der Waals surface area contributed by atoms with E-state index in [0.29, 0.717) is 18.6 Å².